The van der Waals surface area contributed by atoms with Crippen molar-refractivity contribution in [3.63, 3.8) is 0 Å². The number of rotatable bonds is 5. The molecule has 3 N–H and O–H groups in total. The van der Waals surface area contributed by atoms with Crippen molar-refractivity contribution in [1.29, 1.82) is 5.26 Å². The maximum Gasteiger partial charge on any atom is 0.252 e. The van der Waals surface area contributed by atoms with E-state index in [9.17, 15) is 4.79 Å². The predicted molar refractivity (Wildman–Crippen MR) is 76.1 cm³/mol. The highest BCUT2D eigenvalue weighted by Gasteiger charge is 2.08. The molecule has 0 radical (unpaired) electrons. The highest BCUT2D eigenvalue weighted by Crippen LogP contribution is 2.12. The predicted octanol–water partition coefficient (Wildman–Crippen LogP) is 1.71. The molecule has 0 atom stereocenters. The summed E-state index contributed by atoms with van der Waals surface area (Å²) in [5.74, 6) is -0.0486. The zero-order valence-electron chi connectivity index (χ0n) is 10.8. The lowest BCUT2D eigenvalue weighted by molar-refractivity contribution is 0.100. The maximum absolute atomic E-state index is 11.3. The Bertz CT molecular complexity index is 661. The number of carbonyl (C=O) groups excluding carboxylic acids is 1. The molecule has 0 spiro atoms. The van der Waals surface area contributed by atoms with Gasteiger partial charge in [0.25, 0.3) is 5.91 Å². The van der Waals surface area contributed by atoms with E-state index in [2.05, 4.69) is 16.4 Å². The first-order valence-electron chi connectivity index (χ1n) is 6.19. The number of nitrogens with two attached hydrogens (primary N) is 1. The summed E-state index contributed by atoms with van der Waals surface area (Å²) in [6.07, 6.45) is 2.26. The molecule has 0 saturated carbocycles. The van der Waals surface area contributed by atoms with Gasteiger partial charge in [0.2, 0.25) is 0 Å². The summed E-state index contributed by atoms with van der Waals surface area (Å²) in [7, 11) is 0. The van der Waals surface area contributed by atoms with E-state index < -0.39 is 5.91 Å². The summed E-state index contributed by atoms with van der Waals surface area (Å²) in [5, 5.41) is 12.1. The van der Waals surface area contributed by atoms with Crippen LogP contribution in [0.1, 0.15) is 21.5 Å². The Morgan fingerprint density at radius 2 is 2.10 bits per heavy atom. The van der Waals surface area contributed by atoms with E-state index in [0.717, 1.165) is 5.56 Å². The minimum Gasteiger partial charge on any atom is -0.369 e. The molecule has 100 valence electrons. The molecule has 0 bridgehead atoms. The van der Waals surface area contributed by atoms with Gasteiger partial charge < -0.3 is 11.1 Å². The lowest BCUT2D eigenvalue weighted by atomic mass is 10.1. The Balaban J connectivity index is 2.04. The summed E-state index contributed by atoms with van der Waals surface area (Å²) >= 11 is 0. The Kier molecular flexibility index (Phi) is 4.30. The summed E-state index contributed by atoms with van der Waals surface area (Å²) in [5.41, 5.74) is 7.26. The number of amides is 1. The summed E-state index contributed by atoms with van der Waals surface area (Å²) < 4.78 is 0. The van der Waals surface area contributed by atoms with Crippen molar-refractivity contribution < 1.29 is 4.79 Å². The number of hydrogen-bond acceptors (Lipinski definition) is 4. The van der Waals surface area contributed by atoms with Crippen LogP contribution < -0.4 is 11.1 Å². The largest absolute Gasteiger partial charge is 0.369 e. The minimum absolute atomic E-state index is 0.362. The van der Waals surface area contributed by atoms with Crippen LogP contribution in [0.2, 0.25) is 0 Å². The average Bonchev–Trinajstić information content (AvgIpc) is 2.48. The molecule has 0 saturated heterocycles. The molecular weight excluding hydrogens is 252 g/mol. The van der Waals surface area contributed by atoms with Gasteiger partial charge in [0.15, 0.2) is 0 Å². The van der Waals surface area contributed by atoms with Crippen LogP contribution in [-0.4, -0.2) is 17.4 Å². The fourth-order valence-electron chi connectivity index (χ4n) is 1.91. The van der Waals surface area contributed by atoms with Gasteiger partial charge in [-0.25, -0.2) is 4.98 Å². The van der Waals surface area contributed by atoms with Crippen molar-refractivity contribution in [2.24, 2.45) is 5.73 Å². The third-order valence-corrected chi connectivity index (χ3v) is 2.90. The minimum atomic E-state index is -0.516. The molecule has 1 aromatic carbocycles. The Labute approximate surface area is 117 Å². The first-order valence-corrected chi connectivity index (χ1v) is 6.19. The zero-order valence-corrected chi connectivity index (χ0v) is 10.8. The Morgan fingerprint density at radius 3 is 2.85 bits per heavy atom. The second kappa shape index (κ2) is 6.34. The molecular formula is C15H14N4O. The highest BCUT2D eigenvalue weighted by molar-refractivity contribution is 5.97. The first kappa shape index (κ1) is 13.6. The molecule has 1 aromatic heterocycles. The van der Waals surface area contributed by atoms with E-state index >= 15 is 0 Å². The number of nitrogens with zero attached hydrogens (tertiary/aromatic N) is 2. The topological polar surface area (TPSA) is 91.8 Å². The summed E-state index contributed by atoms with van der Waals surface area (Å²) in [6, 6.07) is 12.9. The van der Waals surface area contributed by atoms with Crippen molar-refractivity contribution in [3.8, 4) is 6.07 Å². The van der Waals surface area contributed by atoms with E-state index in [1.807, 2.05) is 18.2 Å². The van der Waals surface area contributed by atoms with Gasteiger partial charge in [0.05, 0.1) is 17.2 Å². The molecule has 5 nitrogen and oxygen atoms in total. The van der Waals surface area contributed by atoms with Crippen molar-refractivity contribution in [3.05, 3.63) is 59.3 Å². The number of nitrogens with one attached hydrogen (secondary N) is 1. The normalized spacial score (nSPS) is 9.75. The van der Waals surface area contributed by atoms with Gasteiger partial charge in [-0.3, -0.25) is 4.79 Å². The fourth-order valence-corrected chi connectivity index (χ4v) is 1.91. The number of pyridine rings is 1. The van der Waals surface area contributed by atoms with Crippen LogP contribution in [0.15, 0.2) is 42.6 Å². The number of primary amides is 1. The van der Waals surface area contributed by atoms with Gasteiger partial charge in [0, 0.05) is 12.7 Å². The number of aromatic nitrogens is 1. The standard InChI is InChI=1S/C15H14N4O/c16-10-12-5-2-1-4-11(12)7-9-19-15-13(14(17)20)6-3-8-18-15/h1-6,8H,7,9H2,(H2,17,20)(H,18,19). The Hall–Kier alpha value is -2.87. The number of anilines is 1. The second-order valence-electron chi connectivity index (χ2n) is 4.21. The van der Waals surface area contributed by atoms with Crippen LogP contribution in [0.25, 0.3) is 0 Å². The molecule has 20 heavy (non-hydrogen) atoms. The van der Waals surface area contributed by atoms with Crippen molar-refractivity contribution in [2.75, 3.05) is 11.9 Å². The number of carbonyl (C=O) groups is 1. The van der Waals surface area contributed by atoms with E-state index in [1.165, 1.54) is 0 Å². The van der Waals surface area contributed by atoms with E-state index in [1.54, 1.807) is 24.4 Å². The smallest absolute Gasteiger partial charge is 0.252 e. The summed E-state index contributed by atoms with van der Waals surface area (Å²) in [4.78, 5) is 15.4. The number of benzene rings is 1. The number of nitriles is 1. The molecule has 1 heterocycles. The lowest BCUT2D eigenvalue weighted by Crippen LogP contribution is -2.16. The van der Waals surface area contributed by atoms with Gasteiger partial charge in [-0.05, 0) is 30.2 Å². The second-order valence-corrected chi connectivity index (χ2v) is 4.21. The van der Waals surface area contributed by atoms with E-state index in [0.29, 0.717) is 29.9 Å². The monoisotopic (exact) mass is 266 g/mol. The van der Waals surface area contributed by atoms with Gasteiger partial charge in [-0.1, -0.05) is 18.2 Å². The van der Waals surface area contributed by atoms with Gasteiger partial charge >= 0.3 is 0 Å². The molecule has 0 unspecified atom stereocenters. The van der Waals surface area contributed by atoms with Crippen LogP contribution in [0.3, 0.4) is 0 Å². The van der Waals surface area contributed by atoms with Gasteiger partial charge in [-0.2, -0.15) is 5.26 Å². The van der Waals surface area contributed by atoms with E-state index in [-0.39, 0.29) is 0 Å². The molecule has 2 rings (SSSR count). The van der Waals surface area contributed by atoms with Crippen LogP contribution >= 0.6 is 0 Å². The highest BCUT2D eigenvalue weighted by atomic mass is 16.1. The molecule has 1 amide bonds. The van der Waals surface area contributed by atoms with Crippen LogP contribution in [0, 0.1) is 11.3 Å². The Morgan fingerprint density at radius 1 is 1.30 bits per heavy atom. The third kappa shape index (κ3) is 3.12. The molecule has 0 fully saturated rings. The molecule has 0 aliphatic carbocycles. The average molecular weight is 266 g/mol. The van der Waals surface area contributed by atoms with E-state index in [4.69, 9.17) is 11.0 Å². The molecule has 0 aliphatic heterocycles. The molecule has 0 aliphatic rings. The van der Waals surface area contributed by atoms with Crippen LogP contribution in [-0.2, 0) is 6.42 Å². The van der Waals surface area contributed by atoms with Crippen LogP contribution in [0.5, 0.6) is 0 Å². The van der Waals surface area contributed by atoms with Crippen molar-refractivity contribution in [2.45, 2.75) is 6.42 Å². The summed E-state index contributed by atoms with van der Waals surface area (Å²) in [6.45, 7) is 0.565. The zero-order chi connectivity index (χ0) is 14.4. The third-order valence-electron chi connectivity index (χ3n) is 2.90. The SMILES string of the molecule is N#Cc1ccccc1CCNc1ncccc1C(N)=O. The maximum atomic E-state index is 11.3. The van der Waals surface area contributed by atoms with Crippen molar-refractivity contribution in [1.82, 2.24) is 4.98 Å². The lowest BCUT2D eigenvalue weighted by Gasteiger charge is -2.09. The fraction of sp³-hybridized carbons (Fsp3) is 0.133. The quantitative estimate of drug-likeness (QED) is 0.861. The van der Waals surface area contributed by atoms with Gasteiger partial charge in [0.1, 0.15) is 5.82 Å². The van der Waals surface area contributed by atoms with Crippen LogP contribution in [0.4, 0.5) is 5.82 Å². The van der Waals surface area contributed by atoms with Gasteiger partial charge in [-0.15, -0.1) is 0 Å². The molecule has 2 aromatic rings. The van der Waals surface area contributed by atoms with Crippen molar-refractivity contribution >= 4 is 11.7 Å². The first-order chi connectivity index (χ1) is 9.72. The number of hydrogen-bond donors (Lipinski definition) is 2. The molecule has 5 heteroatoms.